The van der Waals surface area contributed by atoms with Crippen LogP contribution in [0.15, 0.2) is 11.6 Å². The van der Waals surface area contributed by atoms with Gasteiger partial charge >= 0.3 is 0 Å². The molecular formula is C12H20OSn. The van der Waals surface area contributed by atoms with E-state index in [1.165, 1.54) is 18.4 Å². The smallest absolute Gasteiger partial charge is 0.120 e. The molecule has 78 valence electrons. The molecular weight excluding hydrogens is 279 g/mol. The first-order chi connectivity index (χ1) is 6.15. The summed E-state index contributed by atoms with van der Waals surface area (Å²) in [7, 11) is 0. The maximum Gasteiger partial charge on any atom is 0.120 e. The molecule has 0 N–H and O–H groups in total. The predicted octanol–water partition coefficient (Wildman–Crippen LogP) is 2.82. The molecule has 14 heavy (non-hydrogen) atoms. The summed E-state index contributed by atoms with van der Waals surface area (Å²) < 4.78 is 0. The van der Waals surface area contributed by atoms with Gasteiger partial charge in [0.15, 0.2) is 0 Å². The monoisotopic (exact) mass is 300 g/mol. The molecule has 0 saturated heterocycles. The number of carbonyl (C=O) groups is 1. The van der Waals surface area contributed by atoms with Gasteiger partial charge in [-0.05, 0) is 37.5 Å². The van der Waals surface area contributed by atoms with Gasteiger partial charge in [0.1, 0.15) is 6.29 Å². The number of rotatable bonds is 3. The van der Waals surface area contributed by atoms with Gasteiger partial charge in [0.05, 0.1) is 0 Å². The van der Waals surface area contributed by atoms with Gasteiger partial charge < -0.3 is 4.79 Å². The van der Waals surface area contributed by atoms with Crippen LogP contribution in [0, 0.1) is 17.8 Å². The molecule has 0 aromatic heterocycles. The third kappa shape index (κ3) is 3.76. The molecule has 0 fully saturated rings. The van der Waals surface area contributed by atoms with Crippen molar-refractivity contribution in [3.63, 3.8) is 0 Å². The zero-order valence-electron chi connectivity index (χ0n) is 9.42. The van der Waals surface area contributed by atoms with E-state index in [1.807, 2.05) is 0 Å². The zero-order valence-corrected chi connectivity index (χ0v) is 12.3. The Bertz CT molecular complexity index is 208. The summed E-state index contributed by atoms with van der Waals surface area (Å²) in [5.74, 6) is 2.06. The Balaban J connectivity index is 0.00000169. The van der Waals surface area contributed by atoms with Crippen molar-refractivity contribution in [3.8, 4) is 0 Å². The number of allylic oxidation sites excluding steroid dienone is 2. The Labute approximate surface area is 104 Å². The molecule has 4 radical (unpaired) electrons. The van der Waals surface area contributed by atoms with Gasteiger partial charge in [0, 0.05) is 30.3 Å². The minimum Gasteiger partial charge on any atom is -0.303 e. The second-order valence-corrected chi connectivity index (χ2v) is 4.52. The Morgan fingerprint density at radius 1 is 1.57 bits per heavy atom. The van der Waals surface area contributed by atoms with E-state index in [-0.39, 0.29) is 23.9 Å². The first kappa shape index (κ1) is 14.2. The fraction of sp³-hybridized carbons (Fsp3) is 0.750. The number of aldehydes is 1. The van der Waals surface area contributed by atoms with Crippen molar-refractivity contribution in [1.29, 1.82) is 0 Å². The number of hydrogen-bond acceptors (Lipinski definition) is 1. The predicted molar refractivity (Wildman–Crippen MR) is 61.2 cm³/mol. The molecule has 2 heteroatoms. The van der Waals surface area contributed by atoms with Gasteiger partial charge in [-0.2, -0.15) is 0 Å². The number of carbonyl (C=O) groups excluding carboxylic acids is 1. The maximum atomic E-state index is 10.5. The van der Waals surface area contributed by atoms with Crippen LogP contribution < -0.4 is 0 Å². The molecule has 0 aliphatic heterocycles. The normalized spacial score (nSPS) is 26.7. The summed E-state index contributed by atoms with van der Waals surface area (Å²) >= 11 is 0. The average Bonchev–Trinajstić information content (AvgIpc) is 2.08. The molecule has 1 aliphatic rings. The SMILES string of the molecule is CC1=CCC(C(C)C)CC1CC=O.[Sn]. The van der Waals surface area contributed by atoms with E-state index < -0.39 is 0 Å². The van der Waals surface area contributed by atoms with Gasteiger partial charge in [-0.15, -0.1) is 0 Å². The van der Waals surface area contributed by atoms with Crippen LogP contribution in [0.3, 0.4) is 0 Å². The van der Waals surface area contributed by atoms with Crippen LogP contribution >= 0.6 is 0 Å². The Hall–Kier alpha value is 0.209. The second-order valence-electron chi connectivity index (χ2n) is 4.52. The molecule has 1 aliphatic carbocycles. The Morgan fingerprint density at radius 2 is 2.21 bits per heavy atom. The summed E-state index contributed by atoms with van der Waals surface area (Å²) in [5.41, 5.74) is 1.42. The fourth-order valence-electron chi connectivity index (χ4n) is 2.09. The number of hydrogen-bond donors (Lipinski definition) is 0. The van der Waals surface area contributed by atoms with Crippen LogP contribution in [0.1, 0.15) is 40.0 Å². The van der Waals surface area contributed by atoms with Crippen LogP contribution in [0.2, 0.25) is 0 Å². The van der Waals surface area contributed by atoms with E-state index in [0.717, 1.165) is 18.1 Å². The second kappa shape index (κ2) is 6.65. The Morgan fingerprint density at radius 3 is 2.71 bits per heavy atom. The van der Waals surface area contributed by atoms with Crippen molar-refractivity contribution < 1.29 is 4.79 Å². The van der Waals surface area contributed by atoms with E-state index in [0.29, 0.717) is 12.3 Å². The van der Waals surface area contributed by atoms with Crippen molar-refractivity contribution in [3.05, 3.63) is 11.6 Å². The van der Waals surface area contributed by atoms with Crippen LogP contribution in [-0.4, -0.2) is 30.2 Å². The van der Waals surface area contributed by atoms with E-state index in [4.69, 9.17) is 0 Å². The molecule has 0 aromatic carbocycles. The van der Waals surface area contributed by atoms with Gasteiger partial charge in [0.2, 0.25) is 0 Å². The minimum absolute atomic E-state index is 0. The summed E-state index contributed by atoms with van der Waals surface area (Å²) in [6.45, 7) is 6.71. The van der Waals surface area contributed by atoms with Crippen LogP contribution in [0.25, 0.3) is 0 Å². The minimum atomic E-state index is 0. The van der Waals surface area contributed by atoms with Crippen molar-refractivity contribution in [2.24, 2.45) is 17.8 Å². The topological polar surface area (TPSA) is 17.1 Å². The van der Waals surface area contributed by atoms with E-state index in [2.05, 4.69) is 26.8 Å². The van der Waals surface area contributed by atoms with Crippen molar-refractivity contribution >= 4 is 30.2 Å². The molecule has 2 atom stereocenters. The molecule has 0 bridgehead atoms. The first-order valence-corrected chi connectivity index (χ1v) is 5.25. The summed E-state index contributed by atoms with van der Waals surface area (Å²) in [6.07, 6.45) is 6.51. The maximum absolute atomic E-state index is 10.5. The fourth-order valence-corrected chi connectivity index (χ4v) is 2.09. The summed E-state index contributed by atoms with van der Waals surface area (Å²) in [5, 5.41) is 0. The molecule has 1 rings (SSSR count). The van der Waals surface area contributed by atoms with Crippen molar-refractivity contribution in [2.75, 3.05) is 0 Å². The molecule has 0 saturated carbocycles. The van der Waals surface area contributed by atoms with E-state index in [1.54, 1.807) is 0 Å². The Kier molecular flexibility index (Phi) is 6.75. The van der Waals surface area contributed by atoms with Gasteiger partial charge in [-0.3, -0.25) is 0 Å². The molecule has 0 heterocycles. The van der Waals surface area contributed by atoms with E-state index in [9.17, 15) is 4.79 Å². The molecule has 2 unspecified atom stereocenters. The van der Waals surface area contributed by atoms with Crippen molar-refractivity contribution in [1.82, 2.24) is 0 Å². The first-order valence-electron chi connectivity index (χ1n) is 5.25. The summed E-state index contributed by atoms with van der Waals surface area (Å²) in [6, 6.07) is 0. The van der Waals surface area contributed by atoms with Crippen LogP contribution in [0.4, 0.5) is 0 Å². The van der Waals surface area contributed by atoms with Crippen LogP contribution in [0.5, 0.6) is 0 Å². The standard InChI is InChI=1S/C12H20O.Sn/c1-9(2)11-5-4-10(3)12(8-11)6-7-13;/h4,7,9,11-12H,5-6,8H2,1-3H3;. The third-order valence-corrected chi connectivity index (χ3v) is 3.30. The van der Waals surface area contributed by atoms with Gasteiger partial charge in [-0.25, -0.2) is 0 Å². The third-order valence-electron chi connectivity index (χ3n) is 3.30. The molecule has 0 aromatic rings. The van der Waals surface area contributed by atoms with E-state index >= 15 is 0 Å². The summed E-state index contributed by atoms with van der Waals surface area (Å²) in [4.78, 5) is 10.5. The molecule has 0 amide bonds. The van der Waals surface area contributed by atoms with Crippen molar-refractivity contribution in [2.45, 2.75) is 40.0 Å². The molecule has 0 spiro atoms. The largest absolute Gasteiger partial charge is 0.303 e. The van der Waals surface area contributed by atoms with Crippen LogP contribution in [-0.2, 0) is 4.79 Å². The van der Waals surface area contributed by atoms with Gasteiger partial charge in [-0.1, -0.05) is 25.5 Å². The molecule has 1 nitrogen and oxygen atoms in total. The zero-order chi connectivity index (χ0) is 9.84. The quantitative estimate of drug-likeness (QED) is 0.445. The van der Waals surface area contributed by atoms with Gasteiger partial charge in [0.25, 0.3) is 0 Å². The average molecular weight is 299 g/mol.